The molecular weight excluding hydrogens is 250 g/mol. The van der Waals surface area contributed by atoms with E-state index >= 15 is 0 Å². The van der Waals surface area contributed by atoms with Gasteiger partial charge in [0.05, 0.1) is 13.3 Å². The van der Waals surface area contributed by atoms with Crippen molar-refractivity contribution in [2.75, 3.05) is 19.0 Å². The summed E-state index contributed by atoms with van der Waals surface area (Å²) in [5.41, 5.74) is 1.20. The molecule has 5 heteroatoms. The smallest absolute Gasteiger partial charge is 0.148 e. The van der Waals surface area contributed by atoms with E-state index in [0.29, 0.717) is 10.8 Å². The number of benzene rings is 1. The summed E-state index contributed by atoms with van der Waals surface area (Å²) < 4.78 is 5.18. The van der Waals surface area contributed by atoms with Crippen LogP contribution in [0.3, 0.4) is 0 Å². The molecule has 18 heavy (non-hydrogen) atoms. The van der Waals surface area contributed by atoms with Crippen LogP contribution in [-0.4, -0.2) is 23.6 Å². The highest BCUT2D eigenvalue weighted by Crippen LogP contribution is 2.16. The van der Waals surface area contributed by atoms with Gasteiger partial charge in [-0.05, 0) is 24.1 Å². The molecule has 0 aliphatic carbocycles. The number of methoxy groups -OCH3 is 1. The Morgan fingerprint density at radius 2 is 2.28 bits per heavy atom. The summed E-state index contributed by atoms with van der Waals surface area (Å²) in [5.74, 6) is 1.53. The molecule has 0 unspecified atom stereocenters. The van der Waals surface area contributed by atoms with Crippen LogP contribution in [0.4, 0.5) is 5.82 Å². The predicted octanol–water partition coefficient (Wildman–Crippen LogP) is 2.79. The van der Waals surface area contributed by atoms with Crippen LogP contribution in [0, 0.1) is 0 Å². The highest BCUT2D eigenvalue weighted by atomic mass is 35.5. The molecule has 0 saturated carbocycles. The molecule has 0 fully saturated rings. The molecule has 1 heterocycles. The third-order valence-electron chi connectivity index (χ3n) is 2.51. The lowest BCUT2D eigenvalue weighted by Crippen LogP contribution is -2.07. The predicted molar refractivity (Wildman–Crippen MR) is 72.2 cm³/mol. The summed E-state index contributed by atoms with van der Waals surface area (Å²) in [6.45, 7) is 0.754. The Hall–Kier alpha value is -1.81. The van der Waals surface area contributed by atoms with Crippen molar-refractivity contribution in [3.63, 3.8) is 0 Å². The molecule has 0 saturated heterocycles. The molecule has 1 aromatic carbocycles. The van der Waals surface area contributed by atoms with E-state index in [4.69, 9.17) is 16.3 Å². The van der Waals surface area contributed by atoms with Crippen molar-refractivity contribution in [3.05, 3.63) is 47.4 Å². The first-order chi connectivity index (χ1) is 8.79. The van der Waals surface area contributed by atoms with Crippen molar-refractivity contribution in [1.82, 2.24) is 9.97 Å². The van der Waals surface area contributed by atoms with Crippen molar-refractivity contribution >= 4 is 17.4 Å². The fraction of sp³-hybridized carbons (Fsp3) is 0.231. The first-order valence-electron chi connectivity index (χ1n) is 5.62. The van der Waals surface area contributed by atoms with Gasteiger partial charge in [0.15, 0.2) is 0 Å². The van der Waals surface area contributed by atoms with Crippen molar-refractivity contribution < 1.29 is 4.74 Å². The lowest BCUT2D eigenvalue weighted by atomic mass is 10.1. The van der Waals surface area contributed by atoms with E-state index in [-0.39, 0.29) is 0 Å². The van der Waals surface area contributed by atoms with Crippen molar-refractivity contribution in [3.8, 4) is 5.75 Å². The Kier molecular flexibility index (Phi) is 4.36. The van der Waals surface area contributed by atoms with Gasteiger partial charge in [-0.25, -0.2) is 9.97 Å². The van der Waals surface area contributed by atoms with Gasteiger partial charge in [0.2, 0.25) is 0 Å². The highest BCUT2D eigenvalue weighted by molar-refractivity contribution is 6.32. The van der Waals surface area contributed by atoms with Crippen LogP contribution in [0.25, 0.3) is 0 Å². The van der Waals surface area contributed by atoms with Crippen molar-refractivity contribution in [2.45, 2.75) is 6.42 Å². The van der Waals surface area contributed by atoms with E-state index in [9.17, 15) is 0 Å². The van der Waals surface area contributed by atoms with Crippen LogP contribution < -0.4 is 10.1 Å². The van der Waals surface area contributed by atoms with E-state index in [1.807, 2.05) is 18.2 Å². The summed E-state index contributed by atoms with van der Waals surface area (Å²) in [7, 11) is 1.66. The van der Waals surface area contributed by atoms with E-state index in [1.54, 1.807) is 13.3 Å². The molecule has 1 aromatic heterocycles. The summed E-state index contributed by atoms with van der Waals surface area (Å²) in [6, 6.07) is 7.99. The van der Waals surface area contributed by atoms with Crippen molar-refractivity contribution in [2.24, 2.45) is 0 Å². The number of hydrogen-bond acceptors (Lipinski definition) is 4. The number of nitrogens with one attached hydrogen (secondary N) is 1. The van der Waals surface area contributed by atoms with E-state index in [2.05, 4.69) is 21.4 Å². The maximum Gasteiger partial charge on any atom is 0.148 e. The van der Waals surface area contributed by atoms with Crippen LogP contribution >= 0.6 is 11.6 Å². The summed E-state index contributed by atoms with van der Waals surface area (Å²) in [6.07, 6.45) is 3.92. The zero-order valence-electron chi connectivity index (χ0n) is 10.1. The van der Waals surface area contributed by atoms with Crippen LogP contribution in [0.1, 0.15) is 5.56 Å². The Morgan fingerprint density at radius 1 is 1.39 bits per heavy atom. The van der Waals surface area contributed by atoms with Crippen LogP contribution in [0.2, 0.25) is 5.02 Å². The summed E-state index contributed by atoms with van der Waals surface area (Å²) in [4.78, 5) is 7.90. The van der Waals surface area contributed by atoms with E-state index in [1.165, 1.54) is 11.9 Å². The number of ether oxygens (including phenoxy) is 1. The van der Waals surface area contributed by atoms with Gasteiger partial charge >= 0.3 is 0 Å². The number of hydrogen-bond donors (Lipinski definition) is 1. The number of rotatable bonds is 5. The van der Waals surface area contributed by atoms with Gasteiger partial charge in [0, 0.05) is 6.54 Å². The zero-order valence-corrected chi connectivity index (χ0v) is 10.8. The monoisotopic (exact) mass is 263 g/mol. The number of nitrogens with zero attached hydrogens (tertiary/aromatic N) is 2. The molecule has 0 amide bonds. The number of halogens is 1. The van der Waals surface area contributed by atoms with Gasteiger partial charge in [-0.15, -0.1) is 0 Å². The molecule has 2 rings (SSSR count). The first-order valence-corrected chi connectivity index (χ1v) is 5.99. The quantitative estimate of drug-likeness (QED) is 0.901. The van der Waals surface area contributed by atoms with E-state index in [0.717, 1.165) is 18.7 Å². The molecule has 94 valence electrons. The molecule has 0 bridgehead atoms. The van der Waals surface area contributed by atoms with Crippen LogP contribution in [0.5, 0.6) is 5.75 Å². The van der Waals surface area contributed by atoms with Gasteiger partial charge in [-0.2, -0.15) is 0 Å². The van der Waals surface area contributed by atoms with Crippen molar-refractivity contribution in [1.29, 1.82) is 0 Å². The highest BCUT2D eigenvalue weighted by Gasteiger charge is 2.00. The lowest BCUT2D eigenvalue weighted by Gasteiger charge is -2.07. The Balaban J connectivity index is 1.90. The van der Waals surface area contributed by atoms with Crippen LogP contribution in [-0.2, 0) is 6.42 Å². The number of aromatic nitrogens is 2. The molecule has 1 N–H and O–H groups in total. The molecule has 0 radical (unpaired) electrons. The van der Waals surface area contributed by atoms with Gasteiger partial charge in [-0.3, -0.25) is 0 Å². The normalized spacial score (nSPS) is 10.1. The van der Waals surface area contributed by atoms with Gasteiger partial charge in [0.25, 0.3) is 0 Å². The zero-order chi connectivity index (χ0) is 12.8. The topological polar surface area (TPSA) is 47.0 Å². The van der Waals surface area contributed by atoms with Crippen LogP contribution in [0.15, 0.2) is 36.8 Å². The minimum absolute atomic E-state index is 0.531. The molecular formula is C13H14ClN3O. The molecule has 0 aliphatic heterocycles. The third kappa shape index (κ3) is 3.34. The van der Waals surface area contributed by atoms with Gasteiger partial charge in [-0.1, -0.05) is 23.7 Å². The molecule has 4 nitrogen and oxygen atoms in total. The SMILES string of the molecule is COc1cccc(CCNc2ncncc2Cl)c1. The van der Waals surface area contributed by atoms with Gasteiger partial charge in [0.1, 0.15) is 22.9 Å². The average molecular weight is 264 g/mol. The fourth-order valence-electron chi connectivity index (χ4n) is 1.60. The Morgan fingerprint density at radius 3 is 3.06 bits per heavy atom. The number of anilines is 1. The molecule has 0 aliphatic rings. The standard InChI is InChI=1S/C13H14ClN3O/c1-18-11-4-2-3-10(7-11)5-6-16-13-12(14)8-15-9-17-13/h2-4,7-9H,5-6H2,1H3,(H,15,16,17). The fourth-order valence-corrected chi connectivity index (χ4v) is 1.77. The molecule has 0 atom stereocenters. The first kappa shape index (κ1) is 12.6. The van der Waals surface area contributed by atoms with E-state index < -0.39 is 0 Å². The maximum absolute atomic E-state index is 5.95. The summed E-state index contributed by atoms with van der Waals surface area (Å²) in [5, 5.41) is 3.71. The van der Waals surface area contributed by atoms with Gasteiger partial charge < -0.3 is 10.1 Å². The second-order valence-electron chi connectivity index (χ2n) is 3.75. The molecule has 2 aromatic rings. The maximum atomic E-state index is 5.95. The Bertz CT molecular complexity index is 519. The lowest BCUT2D eigenvalue weighted by molar-refractivity contribution is 0.414. The minimum atomic E-state index is 0.531. The third-order valence-corrected chi connectivity index (χ3v) is 2.78. The average Bonchev–Trinajstić information content (AvgIpc) is 2.41. The summed E-state index contributed by atoms with van der Waals surface area (Å²) >= 11 is 5.95. The minimum Gasteiger partial charge on any atom is -0.497 e. The second-order valence-corrected chi connectivity index (χ2v) is 4.15. The molecule has 0 spiro atoms. The largest absolute Gasteiger partial charge is 0.497 e. The Labute approximate surface area is 111 Å². The second kappa shape index (κ2) is 6.21.